The number of hydrogen-bond acceptors (Lipinski definition) is 3. The van der Waals surface area contributed by atoms with Gasteiger partial charge in [-0.2, -0.15) is 0 Å². The Bertz CT molecular complexity index is 885. The summed E-state index contributed by atoms with van der Waals surface area (Å²) in [6.07, 6.45) is 2.01. The van der Waals surface area contributed by atoms with E-state index >= 15 is 0 Å². The minimum atomic E-state index is -0.484. The smallest absolute Gasteiger partial charge is 0.319 e. The lowest BCUT2D eigenvalue weighted by Crippen LogP contribution is -2.46. The van der Waals surface area contributed by atoms with Gasteiger partial charge in [-0.3, -0.25) is 4.79 Å². The molecule has 2 N–H and O–H groups in total. The van der Waals surface area contributed by atoms with Crippen molar-refractivity contribution < 1.29 is 14.3 Å². The number of ketones is 1. The molecule has 0 spiro atoms. The number of fused-ring (bicyclic) bond motifs is 1. The predicted octanol–water partition coefficient (Wildman–Crippen LogP) is 3.21. The van der Waals surface area contributed by atoms with Gasteiger partial charge in [0.25, 0.3) is 0 Å². The molecule has 122 valence electrons. The number of carbonyl (C=O) groups excluding carboxylic acids is 2. The molecule has 0 saturated heterocycles. The second-order valence-corrected chi connectivity index (χ2v) is 6.10. The van der Waals surface area contributed by atoms with Crippen molar-refractivity contribution in [3.8, 4) is 5.75 Å². The molecule has 2 aromatic carbocycles. The number of allylic oxidation sites excluding steroid dienone is 1. The third-order valence-corrected chi connectivity index (χ3v) is 4.72. The molecule has 5 nitrogen and oxygen atoms in total. The highest BCUT2D eigenvalue weighted by Gasteiger charge is 2.36. The van der Waals surface area contributed by atoms with E-state index < -0.39 is 6.04 Å². The normalized spacial score (nSPS) is 20.5. The molecule has 4 rings (SSSR count). The maximum absolute atomic E-state index is 12.6. The fourth-order valence-electron chi connectivity index (χ4n) is 3.67. The average Bonchev–Trinajstić information content (AvgIpc) is 2.60. The zero-order valence-corrected chi connectivity index (χ0v) is 13.4. The molecule has 24 heavy (non-hydrogen) atoms. The molecule has 0 saturated carbocycles. The number of carbonyl (C=O) groups is 2. The number of urea groups is 1. The van der Waals surface area contributed by atoms with Crippen molar-refractivity contribution in [2.75, 3.05) is 7.11 Å². The lowest BCUT2D eigenvalue weighted by Gasteiger charge is -2.33. The van der Waals surface area contributed by atoms with Crippen LogP contribution in [0.15, 0.2) is 47.7 Å². The van der Waals surface area contributed by atoms with Crippen molar-refractivity contribution >= 4 is 22.6 Å². The van der Waals surface area contributed by atoms with Crippen LogP contribution in [0.3, 0.4) is 0 Å². The Hall–Kier alpha value is -2.82. The summed E-state index contributed by atoms with van der Waals surface area (Å²) in [5, 5.41) is 7.75. The van der Waals surface area contributed by atoms with E-state index in [4.69, 9.17) is 4.74 Å². The molecule has 0 aromatic heterocycles. The number of amides is 2. The molecule has 2 aromatic rings. The van der Waals surface area contributed by atoms with E-state index in [9.17, 15) is 9.59 Å². The van der Waals surface area contributed by atoms with Crippen LogP contribution in [0.25, 0.3) is 10.8 Å². The monoisotopic (exact) mass is 322 g/mol. The van der Waals surface area contributed by atoms with Crippen molar-refractivity contribution in [1.82, 2.24) is 10.6 Å². The number of ether oxygens (including phenoxy) is 1. The minimum absolute atomic E-state index is 0.0868. The van der Waals surface area contributed by atoms with Gasteiger partial charge >= 0.3 is 6.03 Å². The fraction of sp³-hybridized carbons (Fsp3) is 0.263. The molecule has 1 aliphatic heterocycles. The van der Waals surface area contributed by atoms with Crippen LogP contribution in [0, 0.1) is 0 Å². The van der Waals surface area contributed by atoms with Crippen LogP contribution in [-0.2, 0) is 4.79 Å². The Kier molecular flexibility index (Phi) is 3.49. The lowest BCUT2D eigenvalue weighted by molar-refractivity contribution is -0.116. The Morgan fingerprint density at radius 3 is 2.75 bits per heavy atom. The molecule has 1 aliphatic carbocycles. The van der Waals surface area contributed by atoms with Crippen molar-refractivity contribution in [1.29, 1.82) is 0 Å². The Morgan fingerprint density at radius 2 is 1.92 bits per heavy atom. The highest BCUT2D eigenvalue weighted by atomic mass is 16.5. The summed E-state index contributed by atoms with van der Waals surface area (Å²) in [7, 11) is 1.61. The van der Waals surface area contributed by atoms with Gasteiger partial charge < -0.3 is 15.4 Å². The summed E-state index contributed by atoms with van der Waals surface area (Å²) in [5.74, 6) is 0.759. The molecule has 1 atom stereocenters. The van der Waals surface area contributed by atoms with Gasteiger partial charge in [0, 0.05) is 23.3 Å². The summed E-state index contributed by atoms with van der Waals surface area (Å²) in [6, 6.07) is 11.0. The Balaban J connectivity index is 1.99. The second-order valence-electron chi connectivity index (χ2n) is 6.10. The van der Waals surface area contributed by atoms with Crippen molar-refractivity contribution in [2.24, 2.45) is 0 Å². The van der Waals surface area contributed by atoms with Crippen molar-refractivity contribution in [2.45, 2.75) is 25.3 Å². The van der Waals surface area contributed by atoms with Crippen molar-refractivity contribution in [3.05, 3.63) is 53.2 Å². The van der Waals surface area contributed by atoms with E-state index in [-0.39, 0.29) is 11.8 Å². The van der Waals surface area contributed by atoms with Gasteiger partial charge in [0.1, 0.15) is 5.75 Å². The molecule has 2 aliphatic rings. The molecule has 0 bridgehead atoms. The highest BCUT2D eigenvalue weighted by molar-refractivity contribution is 6.02. The Labute approximate surface area is 139 Å². The van der Waals surface area contributed by atoms with E-state index in [1.165, 1.54) is 0 Å². The summed E-state index contributed by atoms with van der Waals surface area (Å²) in [4.78, 5) is 24.7. The van der Waals surface area contributed by atoms with Gasteiger partial charge in [-0.05, 0) is 29.7 Å². The molecule has 1 heterocycles. The quantitative estimate of drug-likeness (QED) is 0.892. The molecule has 1 unspecified atom stereocenters. The number of Topliss-reactive ketones (excluding diaryl/α,β-unsaturated/α-hetero) is 1. The summed E-state index contributed by atoms with van der Waals surface area (Å²) in [6.45, 7) is 0. The van der Waals surface area contributed by atoms with Crippen LogP contribution in [-0.4, -0.2) is 18.9 Å². The maximum Gasteiger partial charge on any atom is 0.319 e. The van der Waals surface area contributed by atoms with Crippen LogP contribution in [0.1, 0.15) is 30.9 Å². The zero-order valence-electron chi connectivity index (χ0n) is 13.4. The van der Waals surface area contributed by atoms with E-state index in [0.717, 1.165) is 34.9 Å². The van der Waals surface area contributed by atoms with Crippen molar-refractivity contribution in [3.63, 3.8) is 0 Å². The number of methoxy groups -OCH3 is 1. The van der Waals surface area contributed by atoms with Crippen LogP contribution in [0.5, 0.6) is 5.75 Å². The van der Waals surface area contributed by atoms with Gasteiger partial charge in [0.2, 0.25) is 0 Å². The van der Waals surface area contributed by atoms with Gasteiger partial charge in [0.05, 0.1) is 13.2 Å². The Morgan fingerprint density at radius 1 is 1.08 bits per heavy atom. The van der Waals surface area contributed by atoms with Crippen LogP contribution in [0.4, 0.5) is 4.79 Å². The molecule has 5 heteroatoms. The lowest BCUT2D eigenvalue weighted by atomic mass is 9.83. The average molecular weight is 322 g/mol. The van der Waals surface area contributed by atoms with Crippen LogP contribution in [0.2, 0.25) is 0 Å². The molecule has 0 fully saturated rings. The molecular weight excluding hydrogens is 304 g/mol. The SMILES string of the molecule is COc1ccc2ccccc2c1C1NC(=O)NC2=C1C(=O)CCC2. The first-order chi connectivity index (χ1) is 11.7. The third kappa shape index (κ3) is 2.24. The first-order valence-electron chi connectivity index (χ1n) is 8.08. The number of hydrogen-bond donors (Lipinski definition) is 2. The zero-order chi connectivity index (χ0) is 16.7. The summed E-state index contributed by atoms with van der Waals surface area (Å²) >= 11 is 0. The fourth-order valence-corrected chi connectivity index (χ4v) is 3.67. The first-order valence-corrected chi connectivity index (χ1v) is 8.08. The van der Waals surface area contributed by atoms with Crippen LogP contribution >= 0.6 is 0 Å². The second kappa shape index (κ2) is 5.67. The first kappa shape index (κ1) is 14.8. The number of nitrogens with one attached hydrogen (secondary N) is 2. The van der Waals surface area contributed by atoms with Gasteiger partial charge in [-0.1, -0.05) is 30.3 Å². The maximum atomic E-state index is 12.6. The predicted molar refractivity (Wildman–Crippen MR) is 90.8 cm³/mol. The third-order valence-electron chi connectivity index (χ3n) is 4.72. The highest BCUT2D eigenvalue weighted by Crippen LogP contribution is 2.40. The number of rotatable bonds is 2. The van der Waals surface area contributed by atoms with E-state index in [1.807, 2.05) is 36.4 Å². The largest absolute Gasteiger partial charge is 0.496 e. The summed E-state index contributed by atoms with van der Waals surface area (Å²) in [5.41, 5.74) is 2.25. The molecular formula is C19H18N2O3. The standard InChI is InChI=1S/C19H18N2O3/c1-24-15-10-9-11-5-2-3-6-12(11)16(15)18-17-13(20-19(23)21-18)7-4-8-14(17)22/h2-3,5-6,9-10,18H,4,7-8H2,1H3,(H2,20,21,23). The number of benzene rings is 2. The topological polar surface area (TPSA) is 67.4 Å². The van der Waals surface area contributed by atoms with E-state index in [0.29, 0.717) is 17.7 Å². The molecule has 2 amide bonds. The van der Waals surface area contributed by atoms with E-state index in [1.54, 1.807) is 7.11 Å². The van der Waals surface area contributed by atoms with Crippen LogP contribution < -0.4 is 15.4 Å². The summed E-state index contributed by atoms with van der Waals surface area (Å²) < 4.78 is 5.55. The van der Waals surface area contributed by atoms with E-state index in [2.05, 4.69) is 10.6 Å². The van der Waals surface area contributed by atoms with Gasteiger partial charge in [-0.15, -0.1) is 0 Å². The minimum Gasteiger partial charge on any atom is -0.496 e. The van der Waals surface area contributed by atoms with Gasteiger partial charge in [-0.25, -0.2) is 4.79 Å². The van der Waals surface area contributed by atoms with Gasteiger partial charge in [0.15, 0.2) is 5.78 Å². The molecule has 0 radical (unpaired) electrons.